The van der Waals surface area contributed by atoms with Crippen molar-refractivity contribution in [2.24, 2.45) is 0 Å². The van der Waals surface area contributed by atoms with Gasteiger partial charge in [-0.3, -0.25) is 4.79 Å². The maximum atomic E-state index is 10.1. The first-order chi connectivity index (χ1) is 3.83. The Morgan fingerprint density at radius 2 is 2.62 bits per heavy atom. The zero-order valence-corrected chi connectivity index (χ0v) is 4.59. The minimum absolute atomic E-state index is 0.0862. The third-order valence-corrected chi connectivity index (χ3v) is 1.12. The lowest BCUT2D eigenvalue weighted by Gasteiger charge is -2.23. The number of esters is 1. The molecule has 1 atom stereocenters. The maximum Gasteiger partial charge on any atom is 0.309 e. The van der Waals surface area contributed by atoms with Gasteiger partial charge in [0.1, 0.15) is 6.10 Å². The Balaban J connectivity index is 2.15. The van der Waals surface area contributed by atoms with E-state index in [2.05, 4.69) is 11.3 Å². The minimum Gasteiger partial charge on any atom is -0.461 e. The third-order valence-electron chi connectivity index (χ3n) is 1.12. The van der Waals surface area contributed by atoms with Crippen LogP contribution >= 0.6 is 0 Å². The van der Waals surface area contributed by atoms with Crippen LogP contribution in [0.25, 0.3) is 0 Å². The van der Waals surface area contributed by atoms with Crippen LogP contribution in [-0.2, 0) is 9.53 Å². The number of carbonyl (C=O) groups excluding carboxylic acids is 1. The molecule has 44 valence electrons. The number of carbonyl (C=O) groups is 1. The van der Waals surface area contributed by atoms with E-state index in [-0.39, 0.29) is 12.1 Å². The molecule has 8 heavy (non-hydrogen) atoms. The van der Waals surface area contributed by atoms with Gasteiger partial charge in [-0.05, 0) is 0 Å². The molecular weight excluding hydrogens is 104 g/mol. The summed E-state index contributed by atoms with van der Waals surface area (Å²) >= 11 is 0. The first kappa shape index (κ1) is 5.35. The lowest BCUT2D eigenvalue weighted by molar-refractivity contribution is -0.168. The molecule has 0 aromatic heterocycles. The summed E-state index contributed by atoms with van der Waals surface area (Å²) in [5.41, 5.74) is 0. The third kappa shape index (κ3) is 0.886. The summed E-state index contributed by atoms with van der Waals surface area (Å²) in [5.74, 6) is -0.0862. The average molecular weight is 112 g/mol. The summed E-state index contributed by atoms with van der Waals surface area (Å²) in [6.07, 6.45) is 3.27. The van der Waals surface area contributed by atoms with Crippen molar-refractivity contribution in [2.45, 2.75) is 18.9 Å². The highest BCUT2D eigenvalue weighted by Crippen LogP contribution is 2.16. The van der Waals surface area contributed by atoms with E-state index in [1.165, 1.54) is 0 Å². The quantitative estimate of drug-likeness (QED) is 0.391. The molecule has 0 unspecified atom stereocenters. The van der Waals surface area contributed by atoms with Gasteiger partial charge < -0.3 is 4.74 Å². The van der Waals surface area contributed by atoms with E-state index >= 15 is 0 Å². The number of cyclic esters (lactones) is 1. The Hall–Kier alpha value is -0.790. The molecule has 0 saturated carbocycles. The molecule has 0 N–H and O–H groups in total. The van der Waals surface area contributed by atoms with Gasteiger partial charge in [-0.25, -0.2) is 0 Å². The van der Waals surface area contributed by atoms with Crippen LogP contribution < -0.4 is 0 Å². The molecule has 0 aromatic carbocycles. The van der Waals surface area contributed by atoms with E-state index in [9.17, 15) is 4.79 Å². The second-order valence-corrected chi connectivity index (χ2v) is 1.84. The predicted molar refractivity (Wildman–Crippen MR) is 29.3 cm³/mol. The summed E-state index contributed by atoms with van der Waals surface area (Å²) in [7, 11) is 0. The molecule has 2 heteroatoms. The van der Waals surface area contributed by atoms with E-state index in [4.69, 9.17) is 0 Å². The van der Waals surface area contributed by atoms with Crippen LogP contribution in [0, 0.1) is 0 Å². The van der Waals surface area contributed by atoms with Crippen LogP contribution in [0.3, 0.4) is 0 Å². The molecule has 0 radical (unpaired) electrons. The predicted octanol–water partition coefficient (Wildman–Crippen LogP) is 0.878. The topological polar surface area (TPSA) is 26.3 Å². The van der Waals surface area contributed by atoms with Crippen molar-refractivity contribution in [1.82, 2.24) is 0 Å². The van der Waals surface area contributed by atoms with Gasteiger partial charge in [-0.1, -0.05) is 6.08 Å². The number of rotatable bonds is 2. The zero-order chi connectivity index (χ0) is 5.98. The van der Waals surface area contributed by atoms with Gasteiger partial charge in [0, 0.05) is 6.42 Å². The smallest absolute Gasteiger partial charge is 0.309 e. The highest BCUT2D eigenvalue weighted by atomic mass is 16.6. The largest absolute Gasteiger partial charge is 0.461 e. The first-order valence-electron chi connectivity index (χ1n) is 2.63. The molecule has 2 nitrogen and oxygen atoms in total. The molecule has 1 aliphatic heterocycles. The van der Waals surface area contributed by atoms with Gasteiger partial charge in [-0.2, -0.15) is 0 Å². The molecule has 1 heterocycles. The molecule has 1 aliphatic rings. The Bertz CT molecular complexity index is 107. The molecule has 1 saturated heterocycles. The van der Waals surface area contributed by atoms with E-state index in [0.29, 0.717) is 6.42 Å². The van der Waals surface area contributed by atoms with Gasteiger partial charge in [0.2, 0.25) is 0 Å². The van der Waals surface area contributed by atoms with Crippen LogP contribution in [0.5, 0.6) is 0 Å². The normalized spacial score (nSPS) is 26.0. The average Bonchev–Trinajstić information content (AvgIpc) is 1.64. The summed E-state index contributed by atoms with van der Waals surface area (Å²) in [5, 5.41) is 0. The summed E-state index contributed by atoms with van der Waals surface area (Å²) < 4.78 is 4.67. The van der Waals surface area contributed by atoms with Crippen molar-refractivity contribution in [2.75, 3.05) is 0 Å². The number of ether oxygens (including phenoxy) is 1. The molecule has 0 spiro atoms. The van der Waals surface area contributed by atoms with Crippen molar-refractivity contribution in [3.8, 4) is 0 Å². The summed E-state index contributed by atoms with van der Waals surface area (Å²) in [4.78, 5) is 10.1. The standard InChI is InChI=1S/C6H8O2/c1-2-3-5-4-6(7)8-5/h2,5H,1,3-4H2/t5-/m1/s1. The minimum atomic E-state index is -0.0862. The highest BCUT2D eigenvalue weighted by Gasteiger charge is 2.26. The monoisotopic (exact) mass is 112 g/mol. The number of hydrogen-bond donors (Lipinski definition) is 0. The molecular formula is C6H8O2. The Morgan fingerprint density at radius 1 is 2.00 bits per heavy atom. The van der Waals surface area contributed by atoms with Gasteiger partial charge in [0.25, 0.3) is 0 Å². The van der Waals surface area contributed by atoms with E-state index in [0.717, 1.165) is 6.42 Å². The lowest BCUT2D eigenvalue weighted by Crippen LogP contribution is -2.31. The van der Waals surface area contributed by atoms with E-state index < -0.39 is 0 Å². The van der Waals surface area contributed by atoms with Gasteiger partial charge in [-0.15, -0.1) is 6.58 Å². The van der Waals surface area contributed by atoms with E-state index in [1.807, 2.05) is 0 Å². The van der Waals surface area contributed by atoms with Crippen molar-refractivity contribution < 1.29 is 9.53 Å². The molecule has 0 aliphatic carbocycles. The molecule has 1 rings (SSSR count). The molecule has 0 amide bonds. The van der Waals surface area contributed by atoms with Crippen molar-refractivity contribution in [3.63, 3.8) is 0 Å². The maximum absolute atomic E-state index is 10.1. The SMILES string of the molecule is C=CC[C@@H]1CC(=O)O1. The fourth-order valence-corrected chi connectivity index (χ4v) is 0.680. The first-order valence-corrected chi connectivity index (χ1v) is 2.63. The molecule has 0 aromatic rings. The van der Waals surface area contributed by atoms with Crippen LogP contribution in [0.4, 0.5) is 0 Å². The van der Waals surface area contributed by atoms with Crippen molar-refractivity contribution in [1.29, 1.82) is 0 Å². The Kier molecular flexibility index (Phi) is 1.33. The zero-order valence-electron chi connectivity index (χ0n) is 4.59. The van der Waals surface area contributed by atoms with Gasteiger partial charge in [0.05, 0.1) is 6.42 Å². The molecule has 1 fully saturated rings. The Labute approximate surface area is 48.1 Å². The Morgan fingerprint density at radius 3 is 3.00 bits per heavy atom. The fraction of sp³-hybridized carbons (Fsp3) is 0.500. The fourth-order valence-electron chi connectivity index (χ4n) is 0.680. The van der Waals surface area contributed by atoms with Crippen LogP contribution in [0.15, 0.2) is 12.7 Å². The van der Waals surface area contributed by atoms with E-state index in [1.54, 1.807) is 6.08 Å². The lowest BCUT2D eigenvalue weighted by atomic mass is 10.1. The summed E-state index contributed by atoms with van der Waals surface area (Å²) in [6.45, 7) is 3.52. The van der Waals surface area contributed by atoms with Crippen LogP contribution in [-0.4, -0.2) is 12.1 Å². The van der Waals surface area contributed by atoms with Crippen LogP contribution in [0.1, 0.15) is 12.8 Å². The number of hydrogen-bond acceptors (Lipinski definition) is 2. The van der Waals surface area contributed by atoms with Crippen molar-refractivity contribution >= 4 is 5.97 Å². The van der Waals surface area contributed by atoms with Crippen LogP contribution in [0.2, 0.25) is 0 Å². The second kappa shape index (κ2) is 1.99. The molecule has 0 bridgehead atoms. The van der Waals surface area contributed by atoms with Gasteiger partial charge >= 0.3 is 5.97 Å². The van der Waals surface area contributed by atoms with Crippen molar-refractivity contribution in [3.05, 3.63) is 12.7 Å². The second-order valence-electron chi connectivity index (χ2n) is 1.84. The van der Waals surface area contributed by atoms with Gasteiger partial charge in [0.15, 0.2) is 0 Å². The highest BCUT2D eigenvalue weighted by molar-refractivity contribution is 5.75. The summed E-state index contributed by atoms with van der Waals surface area (Å²) in [6, 6.07) is 0.